The molecule has 0 bridgehead atoms. The van der Waals surface area contributed by atoms with E-state index in [1.54, 1.807) is 0 Å². The summed E-state index contributed by atoms with van der Waals surface area (Å²) >= 11 is 0. The third-order valence-electron chi connectivity index (χ3n) is 6.49. The van der Waals surface area contributed by atoms with Gasteiger partial charge in [-0.05, 0) is 34.6 Å². The van der Waals surface area contributed by atoms with E-state index in [2.05, 4.69) is 34.9 Å². The molecule has 0 saturated carbocycles. The highest BCUT2D eigenvalue weighted by molar-refractivity contribution is 5.79. The van der Waals surface area contributed by atoms with Crippen LogP contribution in [-0.4, -0.2) is 55.5 Å². The van der Waals surface area contributed by atoms with Crippen LogP contribution in [0.5, 0.6) is 0 Å². The number of hydrogen-bond acceptors (Lipinski definition) is 5. The van der Waals surface area contributed by atoms with Gasteiger partial charge in [0.1, 0.15) is 6.61 Å². The second-order valence-electron chi connectivity index (χ2n) is 9.00. The van der Waals surface area contributed by atoms with Crippen LogP contribution in [0, 0.1) is 11.8 Å². The molecule has 2 aliphatic rings. The molecule has 1 saturated heterocycles. The summed E-state index contributed by atoms with van der Waals surface area (Å²) in [6.07, 6.45) is -0.556. The van der Waals surface area contributed by atoms with Gasteiger partial charge in [0.25, 0.3) is 0 Å². The third kappa shape index (κ3) is 5.39. The maximum Gasteiger partial charge on any atom is 0.407 e. The number of amides is 2. The predicted octanol–water partition coefficient (Wildman–Crippen LogP) is 3.16. The van der Waals surface area contributed by atoms with Gasteiger partial charge < -0.3 is 25.2 Å². The highest BCUT2D eigenvalue weighted by Gasteiger charge is 2.34. The SMILES string of the molecule is CC(CNC(=O)OCC1c2ccccc2-c2ccccc21)CC(=O)NCC1CCOC1C(=O)O. The first kappa shape index (κ1) is 23.8. The van der Waals surface area contributed by atoms with Crippen molar-refractivity contribution in [1.82, 2.24) is 10.6 Å². The minimum atomic E-state index is -1.00. The molecule has 2 aromatic rings. The summed E-state index contributed by atoms with van der Waals surface area (Å²) in [5, 5.41) is 14.7. The van der Waals surface area contributed by atoms with Crippen LogP contribution in [0.1, 0.15) is 36.8 Å². The summed E-state index contributed by atoms with van der Waals surface area (Å²) in [4.78, 5) is 35.7. The van der Waals surface area contributed by atoms with E-state index in [1.807, 2.05) is 31.2 Å². The number of rotatable bonds is 9. The average molecular weight is 467 g/mol. The average Bonchev–Trinajstić information content (AvgIpc) is 3.43. The van der Waals surface area contributed by atoms with E-state index in [-0.39, 0.29) is 43.2 Å². The molecule has 8 nitrogen and oxygen atoms in total. The van der Waals surface area contributed by atoms with Crippen molar-refractivity contribution in [2.45, 2.75) is 31.8 Å². The van der Waals surface area contributed by atoms with Gasteiger partial charge in [-0.1, -0.05) is 55.5 Å². The molecule has 180 valence electrons. The molecule has 1 aliphatic heterocycles. The fourth-order valence-corrected chi connectivity index (χ4v) is 4.73. The van der Waals surface area contributed by atoms with Crippen molar-refractivity contribution in [2.75, 3.05) is 26.3 Å². The highest BCUT2D eigenvalue weighted by atomic mass is 16.5. The van der Waals surface area contributed by atoms with Gasteiger partial charge in [-0.25, -0.2) is 9.59 Å². The summed E-state index contributed by atoms with van der Waals surface area (Å²) in [7, 11) is 0. The molecule has 3 N–H and O–H groups in total. The van der Waals surface area contributed by atoms with E-state index in [4.69, 9.17) is 14.6 Å². The number of carboxylic acid groups (broad SMARTS) is 1. The Labute approximate surface area is 198 Å². The van der Waals surface area contributed by atoms with Gasteiger partial charge in [0.2, 0.25) is 5.91 Å². The first-order chi connectivity index (χ1) is 16.4. The van der Waals surface area contributed by atoms with Crippen LogP contribution in [0.25, 0.3) is 11.1 Å². The summed E-state index contributed by atoms with van der Waals surface area (Å²) in [6.45, 7) is 3.06. The lowest BCUT2D eigenvalue weighted by Crippen LogP contribution is -2.37. The van der Waals surface area contributed by atoms with Crippen molar-refractivity contribution in [1.29, 1.82) is 0 Å². The largest absolute Gasteiger partial charge is 0.479 e. The maximum absolute atomic E-state index is 12.3. The summed E-state index contributed by atoms with van der Waals surface area (Å²) in [5.74, 6) is -1.52. The first-order valence-corrected chi connectivity index (χ1v) is 11.6. The number of carbonyl (C=O) groups is 3. The van der Waals surface area contributed by atoms with Crippen LogP contribution in [0.2, 0.25) is 0 Å². The number of benzene rings is 2. The Kier molecular flexibility index (Phi) is 7.47. The zero-order chi connectivity index (χ0) is 24.1. The number of fused-ring (bicyclic) bond motifs is 3. The lowest BCUT2D eigenvalue weighted by atomic mass is 9.98. The number of nitrogens with one attached hydrogen (secondary N) is 2. The summed E-state index contributed by atoms with van der Waals surface area (Å²) in [5.41, 5.74) is 4.65. The molecule has 1 fully saturated rings. The smallest absolute Gasteiger partial charge is 0.407 e. The van der Waals surface area contributed by atoms with Crippen molar-refractivity contribution < 1.29 is 29.0 Å². The molecule has 0 spiro atoms. The normalized spacial score (nSPS) is 19.7. The maximum atomic E-state index is 12.3. The summed E-state index contributed by atoms with van der Waals surface area (Å²) in [6, 6.07) is 16.3. The minimum absolute atomic E-state index is 0.00412. The summed E-state index contributed by atoms with van der Waals surface area (Å²) < 4.78 is 10.7. The topological polar surface area (TPSA) is 114 Å². The van der Waals surface area contributed by atoms with Crippen molar-refractivity contribution >= 4 is 18.0 Å². The van der Waals surface area contributed by atoms with Gasteiger partial charge in [-0.2, -0.15) is 0 Å². The number of carboxylic acids is 1. The zero-order valence-electron chi connectivity index (χ0n) is 19.2. The van der Waals surface area contributed by atoms with E-state index >= 15 is 0 Å². The fraction of sp³-hybridized carbons (Fsp3) is 0.423. The van der Waals surface area contributed by atoms with E-state index < -0.39 is 18.2 Å². The quantitative estimate of drug-likeness (QED) is 0.523. The van der Waals surface area contributed by atoms with E-state index in [9.17, 15) is 14.4 Å². The molecular formula is C26H30N2O6. The van der Waals surface area contributed by atoms with E-state index in [0.29, 0.717) is 19.6 Å². The predicted molar refractivity (Wildman–Crippen MR) is 125 cm³/mol. The Hall–Kier alpha value is -3.39. The molecular weight excluding hydrogens is 436 g/mol. The van der Waals surface area contributed by atoms with Crippen molar-refractivity contribution in [3.63, 3.8) is 0 Å². The van der Waals surface area contributed by atoms with E-state index in [1.165, 1.54) is 11.1 Å². The second-order valence-corrected chi connectivity index (χ2v) is 9.00. The number of aliphatic carboxylic acids is 1. The Morgan fingerprint density at radius 2 is 1.71 bits per heavy atom. The number of alkyl carbamates (subject to hydrolysis) is 1. The monoisotopic (exact) mass is 466 g/mol. The van der Waals surface area contributed by atoms with Crippen LogP contribution in [0.3, 0.4) is 0 Å². The van der Waals surface area contributed by atoms with Gasteiger partial charge >= 0.3 is 12.1 Å². The standard InChI is InChI=1S/C26H30N2O6/c1-16(12-23(29)27-14-17-10-11-33-24(17)25(30)31)13-28-26(32)34-15-22-20-8-4-2-6-18(20)19-7-3-5-9-21(19)22/h2-9,16-17,22,24H,10-15H2,1H3,(H,27,29)(H,28,32)(H,30,31). The molecule has 1 heterocycles. The Bertz CT molecular complexity index is 1010. The Morgan fingerprint density at radius 3 is 2.35 bits per heavy atom. The van der Waals surface area contributed by atoms with Gasteiger partial charge in [0.05, 0.1) is 0 Å². The lowest BCUT2D eigenvalue weighted by Gasteiger charge is -2.17. The molecule has 2 amide bonds. The van der Waals surface area contributed by atoms with Crippen molar-refractivity contribution in [3.05, 3.63) is 59.7 Å². The molecule has 0 aromatic heterocycles. The third-order valence-corrected chi connectivity index (χ3v) is 6.49. The molecule has 2 aromatic carbocycles. The van der Waals surface area contributed by atoms with Crippen molar-refractivity contribution in [3.8, 4) is 11.1 Å². The van der Waals surface area contributed by atoms with E-state index in [0.717, 1.165) is 11.1 Å². The molecule has 3 atom stereocenters. The van der Waals surface area contributed by atoms with Crippen LogP contribution in [-0.2, 0) is 19.1 Å². The Morgan fingerprint density at radius 1 is 1.06 bits per heavy atom. The Balaban J connectivity index is 1.19. The van der Waals surface area contributed by atoms with Gasteiger partial charge in [-0.3, -0.25) is 4.79 Å². The van der Waals surface area contributed by atoms with Crippen LogP contribution < -0.4 is 10.6 Å². The lowest BCUT2D eigenvalue weighted by molar-refractivity contribution is -0.149. The zero-order valence-corrected chi connectivity index (χ0v) is 19.2. The molecule has 8 heteroatoms. The fourth-order valence-electron chi connectivity index (χ4n) is 4.73. The second kappa shape index (κ2) is 10.7. The van der Waals surface area contributed by atoms with Gasteiger partial charge in [0.15, 0.2) is 6.10 Å². The molecule has 34 heavy (non-hydrogen) atoms. The highest BCUT2D eigenvalue weighted by Crippen LogP contribution is 2.44. The molecule has 4 rings (SSSR count). The minimum Gasteiger partial charge on any atom is -0.479 e. The van der Waals surface area contributed by atoms with Crippen LogP contribution in [0.15, 0.2) is 48.5 Å². The molecule has 1 aliphatic carbocycles. The number of ether oxygens (including phenoxy) is 2. The number of carbonyl (C=O) groups excluding carboxylic acids is 2. The van der Waals surface area contributed by atoms with Crippen LogP contribution >= 0.6 is 0 Å². The van der Waals surface area contributed by atoms with Crippen LogP contribution in [0.4, 0.5) is 4.79 Å². The number of hydrogen-bond donors (Lipinski definition) is 3. The van der Waals surface area contributed by atoms with Crippen molar-refractivity contribution in [2.24, 2.45) is 11.8 Å². The van der Waals surface area contributed by atoms with Gasteiger partial charge in [-0.15, -0.1) is 0 Å². The first-order valence-electron chi connectivity index (χ1n) is 11.6. The molecule has 3 unspecified atom stereocenters. The van der Waals surface area contributed by atoms with Gasteiger partial charge in [0, 0.05) is 38.0 Å². The molecule has 0 radical (unpaired) electrons.